The number of carbonyl (C=O) groups is 1. The summed E-state index contributed by atoms with van der Waals surface area (Å²) in [6.45, 7) is 3.16. The quantitative estimate of drug-likeness (QED) is 0.693. The average Bonchev–Trinajstić information content (AvgIpc) is 2.78. The van der Waals surface area contributed by atoms with Gasteiger partial charge in [0.1, 0.15) is 18.1 Å². The van der Waals surface area contributed by atoms with Crippen molar-refractivity contribution in [3.05, 3.63) is 54.1 Å². The van der Waals surface area contributed by atoms with E-state index in [0.29, 0.717) is 24.4 Å². The highest BCUT2D eigenvalue weighted by atomic mass is 32.2. The molecule has 0 aromatic heterocycles. The molecule has 1 heterocycles. The molecule has 3 rings (SSSR count). The van der Waals surface area contributed by atoms with Crippen molar-refractivity contribution < 1.29 is 22.7 Å². The number of nitrogens with zero attached hydrogens (tertiary/aromatic N) is 1. The topological polar surface area (TPSA) is 84.9 Å². The fourth-order valence-electron chi connectivity index (χ4n) is 3.29. The smallest absolute Gasteiger partial charge is 0.251 e. The van der Waals surface area contributed by atoms with Crippen LogP contribution in [0.15, 0.2) is 53.4 Å². The number of nitrogens with one attached hydrogen (secondary N) is 1. The van der Waals surface area contributed by atoms with Crippen molar-refractivity contribution in [2.45, 2.75) is 37.1 Å². The molecule has 1 atom stereocenters. The molecule has 1 N–H and O–H groups in total. The number of methoxy groups -OCH3 is 1. The average molecular weight is 433 g/mol. The summed E-state index contributed by atoms with van der Waals surface area (Å²) in [7, 11) is -1.98. The van der Waals surface area contributed by atoms with Gasteiger partial charge in [0, 0.05) is 18.7 Å². The van der Waals surface area contributed by atoms with Crippen LogP contribution < -0.4 is 14.8 Å². The van der Waals surface area contributed by atoms with Gasteiger partial charge in [0.05, 0.1) is 18.0 Å². The molecule has 1 fully saturated rings. The van der Waals surface area contributed by atoms with E-state index in [1.165, 1.54) is 16.4 Å². The van der Waals surface area contributed by atoms with Crippen LogP contribution in [0, 0.1) is 0 Å². The molecule has 2 aromatic rings. The number of rotatable bonds is 8. The highest BCUT2D eigenvalue weighted by Crippen LogP contribution is 2.21. The molecule has 162 valence electrons. The molecule has 7 nitrogen and oxygen atoms in total. The van der Waals surface area contributed by atoms with Crippen LogP contribution in [0.1, 0.15) is 36.5 Å². The third-order valence-electron chi connectivity index (χ3n) is 4.99. The Labute approximate surface area is 178 Å². The van der Waals surface area contributed by atoms with Gasteiger partial charge in [-0.25, -0.2) is 8.42 Å². The van der Waals surface area contributed by atoms with E-state index in [1.54, 1.807) is 43.5 Å². The minimum atomic E-state index is -3.58. The molecule has 0 spiro atoms. The normalized spacial score (nSPS) is 15.9. The Hall–Kier alpha value is -2.58. The summed E-state index contributed by atoms with van der Waals surface area (Å²) < 4.78 is 38.0. The van der Waals surface area contributed by atoms with Crippen LogP contribution in [0.2, 0.25) is 0 Å². The lowest BCUT2D eigenvalue weighted by atomic mass is 10.2. The van der Waals surface area contributed by atoms with E-state index in [2.05, 4.69) is 5.32 Å². The summed E-state index contributed by atoms with van der Waals surface area (Å²) in [6, 6.07) is 13.1. The lowest BCUT2D eigenvalue weighted by Gasteiger charge is -2.26. The molecule has 30 heavy (non-hydrogen) atoms. The zero-order valence-corrected chi connectivity index (χ0v) is 18.2. The maximum absolute atomic E-state index is 12.9. The molecule has 0 aliphatic carbocycles. The number of sulfonamides is 1. The third-order valence-corrected chi connectivity index (χ3v) is 6.88. The van der Waals surface area contributed by atoms with Crippen molar-refractivity contribution in [3.8, 4) is 11.5 Å². The van der Waals surface area contributed by atoms with E-state index in [0.717, 1.165) is 25.0 Å². The van der Waals surface area contributed by atoms with Gasteiger partial charge in [-0.05, 0) is 62.2 Å². The predicted molar refractivity (Wildman–Crippen MR) is 114 cm³/mol. The number of amides is 1. The van der Waals surface area contributed by atoms with E-state index in [1.807, 2.05) is 6.92 Å². The molecule has 1 saturated heterocycles. The van der Waals surface area contributed by atoms with Gasteiger partial charge < -0.3 is 14.8 Å². The van der Waals surface area contributed by atoms with Crippen LogP contribution in [0.25, 0.3) is 0 Å². The van der Waals surface area contributed by atoms with Gasteiger partial charge in [0.25, 0.3) is 5.91 Å². The molecule has 1 unspecified atom stereocenters. The predicted octanol–water partition coefficient (Wildman–Crippen LogP) is 3.07. The summed E-state index contributed by atoms with van der Waals surface area (Å²) in [5, 5.41) is 2.85. The van der Waals surface area contributed by atoms with Crippen molar-refractivity contribution >= 4 is 15.9 Å². The maximum atomic E-state index is 12.9. The van der Waals surface area contributed by atoms with E-state index in [4.69, 9.17) is 9.47 Å². The van der Waals surface area contributed by atoms with Gasteiger partial charge in [-0.1, -0.05) is 12.5 Å². The number of ether oxygens (including phenoxy) is 2. The Morgan fingerprint density at radius 3 is 2.40 bits per heavy atom. The zero-order valence-electron chi connectivity index (χ0n) is 17.3. The van der Waals surface area contributed by atoms with E-state index < -0.39 is 10.0 Å². The highest BCUT2D eigenvalue weighted by Gasteiger charge is 2.26. The van der Waals surface area contributed by atoms with Crippen LogP contribution in [0.5, 0.6) is 11.5 Å². The first-order chi connectivity index (χ1) is 14.4. The monoisotopic (exact) mass is 432 g/mol. The van der Waals surface area contributed by atoms with Gasteiger partial charge in [-0.3, -0.25) is 4.79 Å². The number of piperidine rings is 1. The van der Waals surface area contributed by atoms with Gasteiger partial charge in [-0.2, -0.15) is 4.31 Å². The van der Waals surface area contributed by atoms with Crippen LogP contribution in [0.4, 0.5) is 0 Å². The summed E-state index contributed by atoms with van der Waals surface area (Å²) in [6.07, 6.45) is 2.78. The minimum Gasteiger partial charge on any atom is -0.497 e. The van der Waals surface area contributed by atoms with Crippen LogP contribution in [0.3, 0.4) is 0 Å². The highest BCUT2D eigenvalue weighted by molar-refractivity contribution is 7.89. The second-order valence-electron chi connectivity index (χ2n) is 7.35. The molecule has 1 amide bonds. The SMILES string of the molecule is COc1ccc(OCC(C)NC(=O)c2cccc(S(=O)(=O)N3CCCCC3)c2)cc1. The largest absolute Gasteiger partial charge is 0.497 e. The van der Waals surface area contributed by atoms with Crippen molar-refractivity contribution in [2.24, 2.45) is 0 Å². The Morgan fingerprint density at radius 2 is 1.73 bits per heavy atom. The standard InChI is InChI=1S/C22H28N2O5S/c1-17(16-29-20-11-9-19(28-2)10-12-20)23-22(25)18-7-6-8-21(15-18)30(26,27)24-13-4-3-5-14-24/h6-12,15,17H,3-5,13-14,16H2,1-2H3,(H,23,25). The Kier molecular flexibility index (Phi) is 7.33. The van der Waals surface area contributed by atoms with Crippen molar-refractivity contribution in [2.75, 3.05) is 26.8 Å². The van der Waals surface area contributed by atoms with Crippen molar-refractivity contribution in [1.29, 1.82) is 0 Å². The van der Waals surface area contributed by atoms with Crippen LogP contribution >= 0.6 is 0 Å². The second kappa shape index (κ2) is 9.95. The van der Waals surface area contributed by atoms with E-state index in [-0.39, 0.29) is 23.5 Å². The summed E-state index contributed by atoms with van der Waals surface area (Å²) in [5.74, 6) is 1.08. The summed E-state index contributed by atoms with van der Waals surface area (Å²) in [4.78, 5) is 12.8. The minimum absolute atomic E-state index is 0.152. The fraction of sp³-hybridized carbons (Fsp3) is 0.409. The molecule has 8 heteroatoms. The fourth-order valence-corrected chi connectivity index (χ4v) is 4.86. The summed E-state index contributed by atoms with van der Waals surface area (Å²) in [5.41, 5.74) is 0.310. The van der Waals surface area contributed by atoms with Crippen LogP contribution in [-0.2, 0) is 10.0 Å². The number of hydrogen-bond acceptors (Lipinski definition) is 5. The molecule has 2 aromatic carbocycles. The van der Waals surface area contributed by atoms with Gasteiger partial charge in [0.15, 0.2) is 0 Å². The van der Waals surface area contributed by atoms with Gasteiger partial charge in [0.2, 0.25) is 10.0 Å². The van der Waals surface area contributed by atoms with Crippen molar-refractivity contribution in [3.63, 3.8) is 0 Å². The first kappa shape index (κ1) is 22.1. The Balaban J connectivity index is 1.60. The van der Waals surface area contributed by atoms with Crippen molar-refractivity contribution in [1.82, 2.24) is 9.62 Å². The first-order valence-electron chi connectivity index (χ1n) is 10.1. The molecule has 0 saturated carbocycles. The second-order valence-corrected chi connectivity index (χ2v) is 9.29. The van der Waals surface area contributed by atoms with Crippen LogP contribution in [-0.4, -0.2) is 51.5 Å². The molecular weight excluding hydrogens is 404 g/mol. The molecule has 0 radical (unpaired) electrons. The third kappa shape index (κ3) is 5.52. The molecule has 1 aliphatic heterocycles. The van der Waals surface area contributed by atoms with Gasteiger partial charge in [-0.15, -0.1) is 0 Å². The lowest BCUT2D eigenvalue weighted by molar-refractivity contribution is 0.0926. The maximum Gasteiger partial charge on any atom is 0.251 e. The number of carbonyl (C=O) groups excluding carboxylic acids is 1. The Morgan fingerprint density at radius 1 is 1.07 bits per heavy atom. The number of benzene rings is 2. The van der Waals surface area contributed by atoms with E-state index >= 15 is 0 Å². The lowest BCUT2D eigenvalue weighted by Crippen LogP contribution is -2.37. The first-order valence-corrected chi connectivity index (χ1v) is 11.5. The number of hydrogen-bond donors (Lipinski definition) is 1. The Bertz CT molecular complexity index is 954. The summed E-state index contributed by atoms with van der Waals surface area (Å²) >= 11 is 0. The zero-order chi connectivity index (χ0) is 21.6. The molecule has 1 aliphatic rings. The van der Waals surface area contributed by atoms with Gasteiger partial charge >= 0.3 is 0 Å². The molecular formula is C22H28N2O5S. The van der Waals surface area contributed by atoms with E-state index in [9.17, 15) is 13.2 Å². The molecule has 0 bridgehead atoms.